The van der Waals surface area contributed by atoms with Gasteiger partial charge < -0.3 is 14.9 Å². The molecule has 10 heteroatoms. The number of aromatic hydroxyl groups is 1. The van der Waals surface area contributed by atoms with Gasteiger partial charge in [0.15, 0.2) is 11.5 Å². The smallest absolute Gasteiger partial charge is 0.307 e. The number of carboxylic acid groups (broad SMARTS) is 1. The number of ether oxygens (including phenoxy) is 1. The lowest BCUT2D eigenvalue weighted by molar-refractivity contribution is -0.384. The van der Waals surface area contributed by atoms with Crippen LogP contribution in [-0.4, -0.2) is 34.4 Å². The van der Waals surface area contributed by atoms with E-state index in [0.717, 1.165) is 0 Å². The third kappa shape index (κ3) is 3.45. The molecule has 2 heterocycles. The minimum Gasteiger partial charge on any atom is -0.504 e. The van der Waals surface area contributed by atoms with Crippen molar-refractivity contribution in [1.82, 2.24) is 16.2 Å². The van der Waals surface area contributed by atoms with Crippen LogP contribution < -0.4 is 20.9 Å². The maximum Gasteiger partial charge on any atom is 0.307 e. The lowest BCUT2D eigenvalue weighted by atomic mass is 9.74. The minimum atomic E-state index is -0.959. The maximum atomic E-state index is 12.2. The van der Waals surface area contributed by atoms with Crippen LogP contribution in [0, 0.1) is 22.0 Å². The molecular formula is C20H22N4O6. The number of benzene rings is 2. The summed E-state index contributed by atoms with van der Waals surface area (Å²) in [6.45, 7) is 0. The minimum absolute atomic E-state index is 0.0266. The number of carboxylic acids is 1. The third-order valence-corrected chi connectivity index (χ3v) is 5.88. The zero-order chi connectivity index (χ0) is 21.4. The number of hydrazine groups is 1. The van der Waals surface area contributed by atoms with E-state index in [1.165, 1.54) is 19.2 Å². The Morgan fingerprint density at radius 2 is 2.00 bits per heavy atom. The third-order valence-electron chi connectivity index (χ3n) is 5.88. The maximum absolute atomic E-state index is 12.2. The van der Waals surface area contributed by atoms with Gasteiger partial charge in [0.2, 0.25) is 0 Å². The van der Waals surface area contributed by atoms with Gasteiger partial charge in [0.25, 0.3) is 5.69 Å². The van der Waals surface area contributed by atoms with Crippen LogP contribution in [-0.2, 0) is 4.79 Å². The Balaban J connectivity index is 1.65. The fourth-order valence-electron chi connectivity index (χ4n) is 4.48. The number of methoxy groups -OCH3 is 1. The molecule has 4 rings (SSSR count). The van der Waals surface area contributed by atoms with Crippen molar-refractivity contribution < 1.29 is 24.7 Å². The molecule has 0 bridgehead atoms. The highest BCUT2D eigenvalue weighted by molar-refractivity contribution is 5.71. The first-order valence-electron chi connectivity index (χ1n) is 9.51. The summed E-state index contributed by atoms with van der Waals surface area (Å²) in [6.07, 6.45) is -0.175. The number of rotatable bonds is 5. The summed E-state index contributed by atoms with van der Waals surface area (Å²) in [5.41, 5.74) is 7.32. The van der Waals surface area contributed by atoms with Crippen molar-refractivity contribution >= 4 is 11.7 Å². The second kappa shape index (κ2) is 7.90. The van der Waals surface area contributed by atoms with E-state index in [4.69, 9.17) is 4.74 Å². The Kier molecular flexibility index (Phi) is 5.29. The summed E-state index contributed by atoms with van der Waals surface area (Å²) in [5.74, 6) is -1.82. The number of hydrogen-bond donors (Lipinski definition) is 5. The zero-order valence-corrected chi connectivity index (χ0v) is 16.1. The molecule has 10 nitrogen and oxygen atoms in total. The van der Waals surface area contributed by atoms with Gasteiger partial charge >= 0.3 is 5.97 Å². The van der Waals surface area contributed by atoms with Gasteiger partial charge in [-0.05, 0) is 18.1 Å². The van der Waals surface area contributed by atoms with Gasteiger partial charge in [0, 0.05) is 29.7 Å². The van der Waals surface area contributed by atoms with Crippen molar-refractivity contribution in [1.29, 1.82) is 0 Å². The summed E-state index contributed by atoms with van der Waals surface area (Å²) in [5, 5.41) is 35.0. The SMILES string of the molecule is COc1cccc(C2CC(C(=O)O)C3C(NNC3c3cccc([N+](=O)[O-])c3)N2)c1O. The van der Waals surface area contributed by atoms with Gasteiger partial charge in [-0.1, -0.05) is 24.3 Å². The highest BCUT2D eigenvalue weighted by atomic mass is 16.6. The van der Waals surface area contributed by atoms with Crippen LogP contribution in [0.1, 0.15) is 29.6 Å². The van der Waals surface area contributed by atoms with E-state index in [0.29, 0.717) is 16.9 Å². The molecule has 0 amide bonds. The van der Waals surface area contributed by atoms with E-state index >= 15 is 0 Å². The van der Waals surface area contributed by atoms with Crippen LogP contribution >= 0.6 is 0 Å². The van der Waals surface area contributed by atoms with Crippen LogP contribution in [0.15, 0.2) is 42.5 Å². The molecule has 0 saturated carbocycles. The second-order valence-corrected chi connectivity index (χ2v) is 7.47. The molecule has 0 radical (unpaired) electrons. The zero-order valence-electron chi connectivity index (χ0n) is 16.1. The fraction of sp³-hybridized carbons (Fsp3) is 0.350. The van der Waals surface area contributed by atoms with Gasteiger partial charge in [0.05, 0.1) is 30.2 Å². The average Bonchev–Trinajstić information content (AvgIpc) is 3.17. The number of phenols is 1. The lowest BCUT2D eigenvalue weighted by Gasteiger charge is -2.39. The van der Waals surface area contributed by atoms with Gasteiger partial charge in [-0.2, -0.15) is 0 Å². The number of aliphatic carboxylic acids is 1. The molecule has 2 saturated heterocycles. The van der Waals surface area contributed by atoms with Crippen LogP contribution in [0.5, 0.6) is 11.5 Å². The number of piperidine rings is 1. The number of nitro groups is 1. The van der Waals surface area contributed by atoms with Crippen molar-refractivity contribution in [3.63, 3.8) is 0 Å². The lowest BCUT2D eigenvalue weighted by Crippen LogP contribution is -2.53. The average molecular weight is 414 g/mol. The molecule has 0 aromatic heterocycles. The standard InChI is InChI=1S/C20H22N4O6/c1-30-15-7-3-6-12(18(15)25)14-9-13(20(26)27)16-17(22-23-19(16)21-14)10-4-2-5-11(8-10)24(28)29/h2-8,13-14,16-17,19,21-23,25H,9H2,1H3,(H,26,27). The van der Waals surface area contributed by atoms with Crippen LogP contribution in [0.2, 0.25) is 0 Å². The number of carbonyl (C=O) groups is 1. The Hall–Kier alpha value is -3.21. The molecule has 0 aliphatic carbocycles. The van der Waals surface area contributed by atoms with E-state index < -0.39 is 41.0 Å². The first-order chi connectivity index (χ1) is 14.4. The molecule has 5 unspecified atom stereocenters. The number of fused-ring (bicyclic) bond motifs is 1. The highest BCUT2D eigenvalue weighted by Gasteiger charge is 2.50. The van der Waals surface area contributed by atoms with Gasteiger partial charge in [-0.25, -0.2) is 10.9 Å². The normalized spacial score (nSPS) is 28.0. The van der Waals surface area contributed by atoms with Gasteiger partial charge in [-0.15, -0.1) is 0 Å². The molecule has 158 valence electrons. The Bertz CT molecular complexity index is 984. The van der Waals surface area contributed by atoms with Gasteiger partial charge in [0.1, 0.15) is 0 Å². The molecule has 2 fully saturated rings. The topological polar surface area (TPSA) is 146 Å². The molecule has 2 aromatic carbocycles. The predicted octanol–water partition coefficient (Wildman–Crippen LogP) is 1.84. The summed E-state index contributed by atoms with van der Waals surface area (Å²) in [7, 11) is 1.45. The Morgan fingerprint density at radius 3 is 2.70 bits per heavy atom. The summed E-state index contributed by atoms with van der Waals surface area (Å²) in [4.78, 5) is 22.8. The summed E-state index contributed by atoms with van der Waals surface area (Å²) in [6, 6.07) is 10.5. The number of nitrogens with one attached hydrogen (secondary N) is 3. The molecule has 0 spiro atoms. The van der Waals surface area contributed by atoms with E-state index in [9.17, 15) is 25.1 Å². The van der Waals surface area contributed by atoms with Crippen molar-refractivity contribution in [2.24, 2.45) is 11.8 Å². The van der Waals surface area contributed by atoms with Gasteiger partial charge in [-0.3, -0.25) is 20.2 Å². The molecule has 2 aliphatic heterocycles. The summed E-state index contributed by atoms with van der Waals surface area (Å²) >= 11 is 0. The van der Waals surface area contributed by atoms with Crippen molar-refractivity contribution in [2.45, 2.75) is 24.7 Å². The highest BCUT2D eigenvalue weighted by Crippen LogP contribution is 2.45. The molecule has 5 N–H and O–H groups in total. The van der Waals surface area contributed by atoms with Crippen LogP contribution in [0.3, 0.4) is 0 Å². The quantitative estimate of drug-likeness (QED) is 0.365. The predicted molar refractivity (Wildman–Crippen MR) is 106 cm³/mol. The van der Waals surface area contributed by atoms with E-state index in [1.54, 1.807) is 30.3 Å². The van der Waals surface area contributed by atoms with Crippen LogP contribution in [0.4, 0.5) is 5.69 Å². The number of nitro benzene ring substituents is 1. The number of hydrogen-bond acceptors (Lipinski definition) is 8. The van der Waals surface area contributed by atoms with E-state index in [1.807, 2.05) is 0 Å². The number of para-hydroxylation sites is 1. The number of non-ortho nitro benzene ring substituents is 1. The van der Waals surface area contributed by atoms with E-state index in [-0.39, 0.29) is 17.9 Å². The van der Waals surface area contributed by atoms with Crippen LogP contribution in [0.25, 0.3) is 0 Å². The monoisotopic (exact) mass is 414 g/mol. The Labute approximate surface area is 172 Å². The Morgan fingerprint density at radius 1 is 1.23 bits per heavy atom. The fourth-order valence-corrected chi connectivity index (χ4v) is 4.48. The first kappa shape index (κ1) is 20.1. The van der Waals surface area contributed by atoms with E-state index in [2.05, 4.69) is 16.2 Å². The molecular weight excluding hydrogens is 392 g/mol. The number of phenolic OH excluding ortho intramolecular Hbond substituents is 1. The molecule has 2 aromatic rings. The molecule has 2 aliphatic rings. The van der Waals surface area contributed by atoms with Crippen molar-refractivity contribution in [3.8, 4) is 11.5 Å². The van der Waals surface area contributed by atoms with Crippen molar-refractivity contribution in [3.05, 3.63) is 63.7 Å². The largest absolute Gasteiger partial charge is 0.504 e. The van der Waals surface area contributed by atoms with Crippen molar-refractivity contribution in [2.75, 3.05) is 7.11 Å². The molecule has 30 heavy (non-hydrogen) atoms. The second-order valence-electron chi connectivity index (χ2n) is 7.47. The molecule has 5 atom stereocenters. The number of nitrogens with zero attached hydrogens (tertiary/aromatic N) is 1. The first-order valence-corrected chi connectivity index (χ1v) is 9.51. The summed E-state index contributed by atoms with van der Waals surface area (Å²) < 4.78 is 5.17.